The number of esters is 1. The van der Waals surface area contributed by atoms with Gasteiger partial charge < -0.3 is 14.5 Å². The number of methoxy groups -OCH3 is 1. The van der Waals surface area contributed by atoms with Gasteiger partial charge in [-0.25, -0.2) is 13.2 Å². The van der Waals surface area contributed by atoms with Gasteiger partial charge in [0.25, 0.3) is 5.91 Å². The number of aryl methyl sites for hydroxylation is 1. The van der Waals surface area contributed by atoms with E-state index < -0.39 is 21.9 Å². The van der Waals surface area contributed by atoms with E-state index in [0.717, 1.165) is 11.1 Å². The van der Waals surface area contributed by atoms with Crippen molar-refractivity contribution >= 4 is 39.6 Å². The summed E-state index contributed by atoms with van der Waals surface area (Å²) in [4.78, 5) is 24.7. The van der Waals surface area contributed by atoms with E-state index in [9.17, 15) is 18.0 Å². The second-order valence-electron chi connectivity index (χ2n) is 8.52. The van der Waals surface area contributed by atoms with Crippen LogP contribution in [0, 0.1) is 6.92 Å². The molecular weight excluding hydrogens is 516 g/mol. The molecule has 0 fully saturated rings. The number of halogens is 1. The molecule has 3 aromatic rings. The van der Waals surface area contributed by atoms with Crippen LogP contribution in [0.15, 0.2) is 86.8 Å². The van der Waals surface area contributed by atoms with E-state index in [1.165, 1.54) is 17.5 Å². The zero-order valence-electron chi connectivity index (χ0n) is 20.4. The molecular formula is C27H25ClN2O6S. The number of sulfonamides is 1. The lowest BCUT2D eigenvalue weighted by molar-refractivity contribution is -0.136. The first-order valence-electron chi connectivity index (χ1n) is 11.3. The summed E-state index contributed by atoms with van der Waals surface area (Å²) in [6.45, 7) is 3.51. The Labute approximate surface area is 220 Å². The Hall–Kier alpha value is -3.66. The number of ether oxygens (including phenoxy) is 1. The number of carbonyl (C=O) groups is 2. The Bertz CT molecular complexity index is 1500. The summed E-state index contributed by atoms with van der Waals surface area (Å²) >= 11 is 6.00. The van der Waals surface area contributed by atoms with Gasteiger partial charge in [-0.05, 0) is 61.9 Å². The molecule has 0 atom stereocenters. The molecule has 0 bridgehead atoms. The lowest BCUT2D eigenvalue weighted by Crippen LogP contribution is -2.30. The number of benzene rings is 2. The van der Waals surface area contributed by atoms with Crippen LogP contribution < -0.4 is 5.32 Å². The van der Waals surface area contributed by atoms with Gasteiger partial charge in [-0.15, -0.1) is 0 Å². The molecule has 0 spiro atoms. The highest BCUT2D eigenvalue weighted by atomic mass is 35.5. The third kappa shape index (κ3) is 5.85. The van der Waals surface area contributed by atoms with E-state index >= 15 is 0 Å². The van der Waals surface area contributed by atoms with Crippen molar-refractivity contribution in [1.82, 2.24) is 9.62 Å². The smallest absolute Gasteiger partial charge is 0.340 e. The fourth-order valence-electron chi connectivity index (χ4n) is 3.87. The van der Waals surface area contributed by atoms with Crippen molar-refractivity contribution in [3.63, 3.8) is 0 Å². The second-order valence-corrected chi connectivity index (χ2v) is 10.9. The van der Waals surface area contributed by atoms with Crippen LogP contribution >= 0.6 is 11.6 Å². The van der Waals surface area contributed by atoms with Crippen LogP contribution in [0.2, 0.25) is 5.02 Å². The first-order chi connectivity index (χ1) is 17.6. The van der Waals surface area contributed by atoms with E-state index in [0.29, 0.717) is 16.5 Å². The molecule has 2 aromatic carbocycles. The quantitative estimate of drug-likeness (QED) is 0.331. The van der Waals surface area contributed by atoms with E-state index in [2.05, 4.69) is 5.32 Å². The van der Waals surface area contributed by atoms with Crippen molar-refractivity contribution in [3.8, 4) is 0 Å². The molecule has 8 nitrogen and oxygen atoms in total. The van der Waals surface area contributed by atoms with Gasteiger partial charge >= 0.3 is 5.97 Å². The standard InChI is InChI=1S/C27H25ClN2O6S/c1-17-4-12-23(13-5-17)37(33,34)30(15-19-6-8-20(28)9-7-19)16-22-11-10-21(36-22)14-24-25(27(32)35-3)18(2)29-26(24)31/h4-14H,15-16H2,1-3H3,(H,29,31)/b24-14+. The van der Waals surface area contributed by atoms with Crippen molar-refractivity contribution < 1.29 is 27.2 Å². The van der Waals surface area contributed by atoms with Gasteiger partial charge in [0.05, 0.1) is 29.7 Å². The lowest BCUT2D eigenvalue weighted by Gasteiger charge is -2.21. The topological polar surface area (TPSA) is 106 Å². The summed E-state index contributed by atoms with van der Waals surface area (Å²) < 4.78 is 39.1. The van der Waals surface area contributed by atoms with Crippen molar-refractivity contribution in [1.29, 1.82) is 0 Å². The molecule has 0 radical (unpaired) electrons. The number of rotatable bonds is 8. The minimum Gasteiger partial charge on any atom is -0.465 e. The summed E-state index contributed by atoms with van der Waals surface area (Å²) in [6.07, 6.45) is 1.43. The lowest BCUT2D eigenvalue weighted by atomic mass is 10.1. The molecule has 0 unspecified atom stereocenters. The van der Waals surface area contributed by atoms with Crippen LogP contribution in [0.3, 0.4) is 0 Å². The van der Waals surface area contributed by atoms with Crippen molar-refractivity contribution in [2.24, 2.45) is 0 Å². The Morgan fingerprint density at radius 3 is 2.35 bits per heavy atom. The van der Waals surface area contributed by atoms with Gasteiger partial charge in [-0.3, -0.25) is 4.79 Å². The first kappa shape index (κ1) is 26.4. The number of hydrogen-bond acceptors (Lipinski definition) is 6. The van der Waals surface area contributed by atoms with Gasteiger partial charge in [0.2, 0.25) is 10.0 Å². The second kappa shape index (κ2) is 10.8. The molecule has 1 amide bonds. The largest absolute Gasteiger partial charge is 0.465 e. The SMILES string of the molecule is COC(=O)C1=C(C)NC(=O)/C1=C/c1ccc(CN(Cc2ccc(Cl)cc2)S(=O)(=O)c2ccc(C)cc2)o1. The molecule has 192 valence electrons. The third-order valence-electron chi connectivity index (χ3n) is 5.81. The minimum absolute atomic E-state index is 0.0626. The maximum atomic E-state index is 13.6. The van der Waals surface area contributed by atoms with Gasteiger partial charge in [-0.1, -0.05) is 41.4 Å². The van der Waals surface area contributed by atoms with Gasteiger partial charge in [-0.2, -0.15) is 4.31 Å². The highest BCUT2D eigenvalue weighted by Crippen LogP contribution is 2.27. The van der Waals surface area contributed by atoms with Crippen LogP contribution in [0.5, 0.6) is 0 Å². The average Bonchev–Trinajstić information content (AvgIpc) is 3.42. The fraction of sp³-hybridized carbons (Fsp3) is 0.185. The number of allylic oxidation sites excluding steroid dienone is 1. The molecule has 0 saturated carbocycles. The zero-order valence-corrected chi connectivity index (χ0v) is 22.0. The fourth-order valence-corrected chi connectivity index (χ4v) is 5.39. The number of furan rings is 1. The van der Waals surface area contributed by atoms with Crippen LogP contribution in [0.4, 0.5) is 0 Å². The summed E-state index contributed by atoms with van der Waals surface area (Å²) in [5.74, 6) is -0.458. The average molecular weight is 541 g/mol. The molecule has 1 aliphatic heterocycles. The van der Waals surface area contributed by atoms with Crippen molar-refractivity contribution in [3.05, 3.63) is 105 Å². The van der Waals surface area contributed by atoms with Gasteiger partial charge in [0.15, 0.2) is 0 Å². The monoisotopic (exact) mass is 540 g/mol. The highest BCUT2D eigenvalue weighted by Gasteiger charge is 2.31. The Morgan fingerprint density at radius 1 is 1.03 bits per heavy atom. The van der Waals surface area contributed by atoms with Gasteiger partial charge in [0, 0.05) is 17.3 Å². The predicted octanol–water partition coefficient (Wildman–Crippen LogP) is 4.59. The molecule has 2 heterocycles. The predicted molar refractivity (Wildman–Crippen MR) is 139 cm³/mol. The number of carbonyl (C=O) groups excluding carboxylic acids is 2. The van der Waals surface area contributed by atoms with Crippen molar-refractivity contribution in [2.45, 2.75) is 31.8 Å². The summed E-state index contributed by atoms with van der Waals surface area (Å²) in [5.41, 5.74) is 2.30. The summed E-state index contributed by atoms with van der Waals surface area (Å²) in [6, 6.07) is 16.8. The maximum Gasteiger partial charge on any atom is 0.340 e. The Morgan fingerprint density at radius 2 is 1.70 bits per heavy atom. The number of nitrogens with zero attached hydrogens (tertiary/aromatic N) is 1. The molecule has 0 aliphatic carbocycles. The molecule has 1 aliphatic rings. The van der Waals surface area contributed by atoms with Crippen LogP contribution in [0.1, 0.15) is 29.6 Å². The van der Waals surface area contributed by atoms with E-state index in [-0.39, 0.29) is 34.9 Å². The van der Waals surface area contributed by atoms with Gasteiger partial charge in [0.1, 0.15) is 11.5 Å². The molecule has 0 saturated heterocycles. The molecule has 1 N–H and O–H groups in total. The maximum absolute atomic E-state index is 13.6. The third-order valence-corrected chi connectivity index (χ3v) is 7.87. The molecule has 37 heavy (non-hydrogen) atoms. The summed E-state index contributed by atoms with van der Waals surface area (Å²) in [7, 11) is -2.65. The number of nitrogens with one attached hydrogen (secondary N) is 1. The minimum atomic E-state index is -3.88. The number of amides is 1. The van der Waals surface area contributed by atoms with Crippen LogP contribution in [-0.2, 0) is 37.4 Å². The normalized spacial score (nSPS) is 14.9. The first-order valence-corrected chi connectivity index (χ1v) is 13.1. The molecule has 1 aromatic heterocycles. The van der Waals surface area contributed by atoms with Crippen LogP contribution in [0.25, 0.3) is 6.08 Å². The number of hydrogen-bond donors (Lipinski definition) is 1. The van der Waals surface area contributed by atoms with E-state index in [1.54, 1.807) is 67.6 Å². The molecule has 4 rings (SSSR count). The Balaban J connectivity index is 1.65. The highest BCUT2D eigenvalue weighted by molar-refractivity contribution is 7.89. The Kier molecular flexibility index (Phi) is 7.68. The summed E-state index contributed by atoms with van der Waals surface area (Å²) in [5, 5.41) is 3.15. The van der Waals surface area contributed by atoms with E-state index in [1.807, 2.05) is 6.92 Å². The van der Waals surface area contributed by atoms with Crippen molar-refractivity contribution in [2.75, 3.05) is 7.11 Å². The van der Waals surface area contributed by atoms with E-state index in [4.69, 9.17) is 20.8 Å². The molecule has 10 heteroatoms. The zero-order chi connectivity index (χ0) is 26.7. The van der Waals surface area contributed by atoms with Crippen LogP contribution in [-0.4, -0.2) is 31.7 Å².